The van der Waals surface area contributed by atoms with Gasteiger partial charge in [0.05, 0.1) is 25.2 Å². The van der Waals surface area contributed by atoms with E-state index in [4.69, 9.17) is 4.74 Å². The zero-order valence-electron chi connectivity index (χ0n) is 43.8. The number of rotatable bonds is 51. The van der Waals surface area contributed by atoms with Gasteiger partial charge in [0.1, 0.15) is 6.10 Å². The Labute approximate surface area is 409 Å². The minimum Gasteiger partial charge on any atom is -0.462 e. The highest BCUT2D eigenvalue weighted by Gasteiger charge is 2.24. The predicted octanol–water partition coefficient (Wildman–Crippen LogP) is 17.6. The summed E-state index contributed by atoms with van der Waals surface area (Å²) in [5.74, 6) is -0.531. The van der Waals surface area contributed by atoms with Gasteiger partial charge in [-0.05, 0) is 89.9 Å². The summed E-state index contributed by atoms with van der Waals surface area (Å²) in [4.78, 5) is 26.2. The van der Waals surface area contributed by atoms with E-state index < -0.39 is 18.2 Å². The van der Waals surface area contributed by atoms with Gasteiger partial charge >= 0.3 is 5.97 Å². The van der Waals surface area contributed by atoms with Crippen LogP contribution in [0.2, 0.25) is 0 Å². The summed E-state index contributed by atoms with van der Waals surface area (Å²) in [6.07, 6.45) is 67.1. The first kappa shape index (κ1) is 63.6. The number of carbonyl (C=O) groups is 2. The van der Waals surface area contributed by atoms with Crippen LogP contribution in [0, 0.1) is 0 Å². The lowest BCUT2D eigenvalue weighted by molar-refractivity contribution is -0.151. The zero-order chi connectivity index (χ0) is 48.1. The molecule has 0 aromatic heterocycles. The quantitative estimate of drug-likeness (QED) is 0.0321. The fraction of sp³-hybridized carbons (Fsp3) is 0.800. The lowest BCUT2D eigenvalue weighted by Gasteiger charge is -2.24. The molecule has 0 aromatic rings. The smallest absolute Gasteiger partial charge is 0.306 e. The molecule has 0 saturated carbocycles. The number of aliphatic hydroxyl groups excluding tert-OH is 2. The molecule has 3 atom stereocenters. The van der Waals surface area contributed by atoms with E-state index in [-0.39, 0.29) is 24.9 Å². The first-order valence-electron chi connectivity index (χ1n) is 28.5. The van der Waals surface area contributed by atoms with Gasteiger partial charge in [0, 0.05) is 6.42 Å². The topological polar surface area (TPSA) is 95.9 Å². The second-order valence-electron chi connectivity index (χ2n) is 19.3. The van der Waals surface area contributed by atoms with E-state index in [1.54, 1.807) is 0 Å². The molecule has 3 unspecified atom stereocenters. The third kappa shape index (κ3) is 48.0. The van der Waals surface area contributed by atoms with Crippen LogP contribution in [0.4, 0.5) is 0 Å². The van der Waals surface area contributed by atoms with Crippen LogP contribution in [-0.2, 0) is 14.3 Å². The molecular weight excluding hydrogens is 815 g/mol. The van der Waals surface area contributed by atoms with Crippen LogP contribution < -0.4 is 5.32 Å². The van der Waals surface area contributed by atoms with Gasteiger partial charge in [-0.1, -0.05) is 242 Å². The number of nitrogens with one attached hydrogen (secondary N) is 1. The van der Waals surface area contributed by atoms with Crippen molar-refractivity contribution in [2.75, 3.05) is 6.61 Å². The van der Waals surface area contributed by atoms with Crippen molar-refractivity contribution in [2.24, 2.45) is 0 Å². The number of carbonyl (C=O) groups excluding carboxylic acids is 2. The predicted molar refractivity (Wildman–Crippen MR) is 287 cm³/mol. The van der Waals surface area contributed by atoms with Crippen LogP contribution in [0.15, 0.2) is 60.8 Å². The van der Waals surface area contributed by atoms with Crippen molar-refractivity contribution in [2.45, 2.75) is 302 Å². The number of allylic oxidation sites excluding steroid dienone is 10. The summed E-state index contributed by atoms with van der Waals surface area (Å²) in [5, 5.41) is 23.8. The van der Waals surface area contributed by atoms with Gasteiger partial charge in [0.15, 0.2) is 0 Å². The van der Waals surface area contributed by atoms with Crippen molar-refractivity contribution < 1.29 is 24.5 Å². The normalized spacial score (nSPS) is 13.6. The minimum absolute atomic E-state index is 0.0366. The Morgan fingerprint density at radius 1 is 0.439 bits per heavy atom. The largest absolute Gasteiger partial charge is 0.462 e. The molecule has 0 fully saturated rings. The number of esters is 1. The molecule has 6 heteroatoms. The maximum Gasteiger partial charge on any atom is 0.306 e. The maximum absolute atomic E-state index is 13.3. The molecule has 0 bridgehead atoms. The third-order valence-corrected chi connectivity index (χ3v) is 12.8. The summed E-state index contributed by atoms with van der Waals surface area (Å²) in [6.45, 7) is 6.46. The molecule has 0 aromatic carbocycles. The van der Waals surface area contributed by atoms with Crippen molar-refractivity contribution in [1.29, 1.82) is 0 Å². The Kier molecular flexibility index (Phi) is 51.5. The number of unbranched alkanes of at least 4 members (excludes halogenated alkanes) is 29. The Bertz CT molecular complexity index is 1170. The molecule has 1 amide bonds. The van der Waals surface area contributed by atoms with Gasteiger partial charge in [-0.3, -0.25) is 9.59 Å². The molecule has 0 heterocycles. The van der Waals surface area contributed by atoms with E-state index in [1.807, 2.05) is 0 Å². The lowest BCUT2D eigenvalue weighted by Crippen LogP contribution is -2.46. The first-order valence-corrected chi connectivity index (χ1v) is 28.5. The maximum atomic E-state index is 13.3. The molecule has 0 aliphatic rings. The van der Waals surface area contributed by atoms with E-state index in [0.717, 1.165) is 77.0 Å². The number of hydrogen-bond donors (Lipinski definition) is 3. The monoisotopic (exact) mass is 924 g/mol. The van der Waals surface area contributed by atoms with Crippen LogP contribution >= 0.6 is 0 Å². The Balaban J connectivity index is 4.68. The van der Waals surface area contributed by atoms with Crippen molar-refractivity contribution in [1.82, 2.24) is 5.32 Å². The standard InChI is InChI=1S/C60H109NO5/c1-4-7-10-13-16-19-22-25-28-30-31-33-36-39-42-45-48-51-56(66-60(65)53-50-47-44-41-38-35-32-29-26-23-20-17-14-11-8-5-2)54-59(64)61-57(55-62)58(63)52-49-46-43-40-37-34-27-24-21-18-15-12-9-6-3/h16,19,25,28-29,31-33,39,42,56-58,62-63H,4-15,17-18,20-24,26-27,30,34-38,40-41,43-55H2,1-3H3,(H,61,64)/b19-16-,28-25-,32-29+,33-31-,42-39-. The molecule has 384 valence electrons. The van der Waals surface area contributed by atoms with Gasteiger partial charge in [0.2, 0.25) is 5.91 Å². The molecule has 66 heavy (non-hydrogen) atoms. The highest BCUT2D eigenvalue weighted by atomic mass is 16.5. The van der Waals surface area contributed by atoms with Crippen molar-refractivity contribution >= 4 is 11.9 Å². The summed E-state index contributed by atoms with van der Waals surface area (Å²) in [7, 11) is 0. The van der Waals surface area contributed by atoms with E-state index >= 15 is 0 Å². The summed E-state index contributed by atoms with van der Waals surface area (Å²) >= 11 is 0. The van der Waals surface area contributed by atoms with E-state index in [1.165, 1.54) is 161 Å². The molecular formula is C60H109NO5. The molecule has 0 aliphatic carbocycles. The van der Waals surface area contributed by atoms with Gasteiger partial charge in [-0.2, -0.15) is 0 Å². The number of amides is 1. The highest BCUT2D eigenvalue weighted by Crippen LogP contribution is 2.17. The molecule has 0 spiro atoms. The molecule has 0 saturated heterocycles. The highest BCUT2D eigenvalue weighted by molar-refractivity contribution is 5.77. The van der Waals surface area contributed by atoms with E-state index in [0.29, 0.717) is 19.3 Å². The van der Waals surface area contributed by atoms with Crippen molar-refractivity contribution in [3.05, 3.63) is 60.8 Å². The van der Waals surface area contributed by atoms with Crippen LogP contribution in [-0.4, -0.2) is 46.9 Å². The Hall–Kier alpha value is -2.44. The van der Waals surface area contributed by atoms with Gasteiger partial charge in [-0.15, -0.1) is 0 Å². The van der Waals surface area contributed by atoms with Gasteiger partial charge < -0.3 is 20.3 Å². The fourth-order valence-corrected chi connectivity index (χ4v) is 8.47. The van der Waals surface area contributed by atoms with Crippen molar-refractivity contribution in [3.63, 3.8) is 0 Å². The average molecular weight is 925 g/mol. The van der Waals surface area contributed by atoms with E-state index in [9.17, 15) is 19.8 Å². The molecule has 3 N–H and O–H groups in total. The van der Waals surface area contributed by atoms with Gasteiger partial charge in [0.25, 0.3) is 0 Å². The van der Waals surface area contributed by atoms with Gasteiger partial charge in [-0.25, -0.2) is 0 Å². The molecule has 0 rings (SSSR count). The molecule has 0 radical (unpaired) electrons. The van der Waals surface area contributed by atoms with Crippen LogP contribution in [0.1, 0.15) is 284 Å². The minimum atomic E-state index is -0.805. The summed E-state index contributed by atoms with van der Waals surface area (Å²) < 4.78 is 5.93. The second-order valence-corrected chi connectivity index (χ2v) is 19.3. The van der Waals surface area contributed by atoms with E-state index in [2.05, 4.69) is 86.8 Å². The number of ether oxygens (including phenoxy) is 1. The second kappa shape index (κ2) is 53.5. The molecule has 6 nitrogen and oxygen atoms in total. The number of aliphatic hydroxyl groups is 2. The molecule has 0 aliphatic heterocycles. The van der Waals surface area contributed by atoms with Crippen LogP contribution in [0.5, 0.6) is 0 Å². The fourth-order valence-electron chi connectivity index (χ4n) is 8.47. The lowest BCUT2D eigenvalue weighted by atomic mass is 10.0. The third-order valence-electron chi connectivity index (χ3n) is 12.8. The Morgan fingerprint density at radius 3 is 1.24 bits per heavy atom. The summed E-state index contributed by atoms with van der Waals surface area (Å²) in [5.41, 5.74) is 0. The number of hydrogen-bond acceptors (Lipinski definition) is 5. The Morgan fingerprint density at radius 2 is 0.788 bits per heavy atom. The van der Waals surface area contributed by atoms with Crippen LogP contribution in [0.25, 0.3) is 0 Å². The SMILES string of the molecule is CCCCC/C=C\C/C=C\C/C=C\C/C=C\CCCC(CC(=O)NC(CO)C(O)CCCCCCCCCCCCCCCC)OC(=O)CCCCCCC/C=C/CCCCCCCCC. The zero-order valence-corrected chi connectivity index (χ0v) is 43.8. The average Bonchev–Trinajstić information content (AvgIpc) is 3.31. The first-order chi connectivity index (χ1) is 32.5. The van der Waals surface area contributed by atoms with Crippen LogP contribution in [0.3, 0.4) is 0 Å². The summed E-state index contributed by atoms with van der Waals surface area (Å²) in [6, 6.07) is -0.722. The van der Waals surface area contributed by atoms with Crippen molar-refractivity contribution in [3.8, 4) is 0 Å².